The van der Waals surface area contributed by atoms with Crippen LogP contribution in [0.2, 0.25) is 0 Å². The van der Waals surface area contributed by atoms with Crippen LogP contribution in [0.1, 0.15) is 65.2 Å². The molecule has 0 unspecified atom stereocenters. The molecule has 0 saturated heterocycles. The van der Waals surface area contributed by atoms with E-state index in [0.29, 0.717) is 74.2 Å². The van der Waals surface area contributed by atoms with Crippen molar-refractivity contribution >= 4 is 34.3 Å². The monoisotopic (exact) mass is 1330 g/mol. The highest BCUT2D eigenvalue weighted by Crippen LogP contribution is 2.32. The molecule has 0 spiro atoms. The van der Waals surface area contributed by atoms with Gasteiger partial charge in [-0.2, -0.15) is 15.3 Å². The highest BCUT2D eigenvalue weighted by molar-refractivity contribution is 6.03. The highest BCUT2D eigenvalue weighted by atomic mass is 19.1. The van der Waals surface area contributed by atoms with Crippen LogP contribution >= 0.6 is 0 Å². The van der Waals surface area contributed by atoms with Crippen LogP contribution in [0.25, 0.3) is 84.9 Å². The van der Waals surface area contributed by atoms with Crippen molar-refractivity contribution in [3.8, 4) is 73.7 Å². The minimum atomic E-state index is -0.674. The molecule has 12 aromatic heterocycles. The predicted octanol–water partition coefficient (Wildman–Crippen LogP) is 10.5. The van der Waals surface area contributed by atoms with E-state index in [2.05, 4.69) is 75.4 Å². The summed E-state index contributed by atoms with van der Waals surface area (Å²) in [7, 11) is 6.39. The number of fused-ring (bicyclic) bond motifs is 3. The number of halogens is 4. The van der Waals surface area contributed by atoms with Crippen LogP contribution in [-0.2, 0) is 40.4 Å². The third-order valence-corrected chi connectivity index (χ3v) is 16.1. The topological polar surface area (TPSA) is 282 Å². The minimum absolute atomic E-state index is 0.0279. The number of hydrogen-bond acceptors (Lipinski definition) is 19. The number of aromatic nitrogens is 21. The molecule has 0 atom stereocenters. The van der Waals surface area contributed by atoms with E-state index in [-0.39, 0.29) is 70.2 Å². The summed E-state index contributed by atoms with van der Waals surface area (Å²) in [5, 5.41) is 25.5. The summed E-state index contributed by atoms with van der Waals surface area (Å²) in [6.07, 6.45) is 12.9. The SMILES string of the molecule is COc1cncnc1-c1cnn(C)c1C(=O)Cc1cc2nc(-c3ccccc3)nn2cc1F.Cc1ncc(F)c(-c2cnn(C)c2C(=O)Cc2cc3nc(-c4ccccc4)nn3cc2F)n1.Cc1ncnc(-c2cnn(C)c2C(=O)Cc2cc3nc(-c4ccccc4)nn3cc2F)c1C. The van der Waals surface area contributed by atoms with Gasteiger partial charge in [0.2, 0.25) is 0 Å². The molecule has 0 aliphatic heterocycles. The van der Waals surface area contributed by atoms with Crippen LogP contribution < -0.4 is 4.74 Å². The van der Waals surface area contributed by atoms with Gasteiger partial charge < -0.3 is 4.74 Å². The summed E-state index contributed by atoms with van der Waals surface area (Å²) < 4.78 is 72.6. The second kappa shape index (κ2) is 27.3. The Kier molecular flexibility index (Phi) is 17.8. The van der Waals surface area contributed by atoms with Crippen LogP contribution in [0.5, 0.6) is 5.75 Å². The zero-order valence-corrected chi connectivity index (χ0v) is 53.8. The molecule has 0 aliphatic rings. The van der Waals surface area contributed by atoms with Crippen molar-refractivity contribution < 1.29 is 36.7 Å². The van der Waals surface area contributed by atoms with Crippen LogP contribution in [0.15, 0.2) is 171 Å². The van der Waals surface area contributed by atoms with Gasteiger partial charge in [0.1, 0.15) is 64.4 Å². The van der Waals surface area contributed by atoms with Gasteiger partial charge in [-0.3, -0.25) is 28.4 Å². The molecular weight excluding hydrogens is 1270 g/mol. The van der Waals surface area contributed by atoms with Crippen molar-refractivity contribution in [2.24, 2.45) is 21.1 Å². The Morgan fingerprint density at radius 2 is 0.818 bits per heavy atom. The fraction of sp³-hybridized carbons (Fsp3) is 0.143. The largest absolute Gasteiger partial charge is 0.493 e. The Hall–Kier alpha value is -13.1. The number of pyridine rings is 3. The van der Waals surface area contributed by atoms with E-state index in [4.69, 9.17) is 4.74 Å². The molecule has 0 radical (unpaired) electrons. The number of carbonyl (C=O) groups excluding carboxylic acids is 3. The Morgan fingerprint density at radius 3 is 1.22 bits per heavy atom. The van der Waals surface area contributed by atoms with Gasteiger partial charge in [0, 0.05) is 85.0 Å². The average molecular weight is 1330 g/mol. The predicted molar refractivity (Wildman–Crippen MR) is 353 cm³/mol. The lowest BCUT2D eigenvalue weighted by Crippen LogP contribution is -2.13. The summed E-state index contributed by atoms with van der Waals surface area (Å²) in [6, 6.07) is 32.7. The van der Waals surface area contributed by atoms with E-state index in [1.165, 1.54) is 96.7 Å². The lowest BCUT2D eigenvalue weighted by atomic mass is 10.0. The Morgan fingerprint density at radius 1 is 0.434 bits per heavy atom. The quantitative estimate of drug-likeness (QED) is 0.0642. The maximum atomic E-state index is 14.9. The van der Waals surface area contributed by atoms with E-state index < -0.39 is 29.1 Å². The van der Waals surface area contributed by atoms with E-state index in [1.807, 2.05) is 105 Å². The lowest BCUT2D eigenvalue weighted by molar-refractivity contribution is 0.0975. The molecule has 3 aromatic carbocycles. The molecule has 99 heavy (non-hydrogen) atoms. The van der Waals surface area contributed by atoms with Crippen LogP contribution in [0.4, 0.5) is 17.6 Å². The zero-order valence-electron chi connectivity index (χ0n) is 53.8. The van der Waals surface area contributed by atoms with Crippen molar-refractivity contribution in [3.63, 3.8) is 0 Å². The highest BCUT2D eigenvalue weighted by Gasteiger charge is 2.27. The molecule has 0 fully saturated rings. The van der Waals surface area contributed by atoms with Gasteiger partial charge in [0.15, 0.2) is 63.3 Å². The smallest absolute Gasteiger partial charge is 0.186 e. The number of nitrogens with zero attached hydrogens (tertiary/aromatic N) is 21. The first-order valence-electron chi connectivity index (χ1n) is 30.5. The second-order valence-corrected chi connectivity index (χ2v) is 22.6. The van der Waals surface area contributed by atoms with Gasteiger partial charge in [0.25, 0.3) is 0 Å². The standard InChI is InChI=1S/C24H20FN7O.C23H17F2N7O.C23H18FN7O2/c1-14-15(2)26-13-27-22(14)18-11-28-31(3)23(18)20(33)9-17-10-21-29-24(16-7-5-4-6-8-16)30-32(21)12-19(17)25;1-13-26-11-17(24)21(28-13)16-10-27-31(2)22(16)19(33)8-15-9-20-29-23(14-6-4-3-5-7-14)30-32(20)12-18(15)25;1-30-22(16(10-27-30)21-19(33-2)11-25-13-26-21)18(32)8-15-9-20-28-23(14-6-4-3-5-7-14)29-31(20)12-17(15)24/h4-8,10-13H,9H2,1-3H3;3-7,9-12H,8H2,1-2H3;3-7,9-13H,8H2,1-2H3. The first-order chi connectivity index (χ1) is 47.9. The molecule has 0 saturated carbocycles. The number of carbonyl (C=O) groups is 3. The van der Waals surface area contributed by atoms with Crippen LogP contribution in [0, 0.1) is 44.0 Å². The number of hydrogen-bond donors (Lipinski definition) is 0. The van der Waals surface area contributed by atoms with Crippen molar-refractivity contribution in [1.82, 2.24) is 103 Å². The van der Waals surface area contributed by atoms with Gasteiger partial charge in [0.05, 0.1) is 73.5 Å². The molecule has 15 rings (SSSR count). The number of ether oxygens (including phenoxy) is 1. The molecule has 0 amide bonds. The summed E-state index contributed by atoms with van der Waals surface area (Å²) in [5.74, 6) is -1.22. The lowest BCUT2D eigenvalue weighted by Gasteiger charge is -2.09. The summed E-state index contributed by atoms with van der Waals surface area (Å²) in [5.41, 5.74) is 9.15. The fourth-order valence-electron chi connectivity index (χ4n) is 11.1. The fourth-order valence-corrected chi connectivity index (χ4v) is 11.1. The van der Waals surface area contributed by atoms with Gasteiger partial charge in [-0.25, -0.2) is 76.0 Å². The molecule has 25 nitrogen and oxygen atoms in total. The normalized spacial score (nSPS) is 11.2. The Labute approximate surface area is 559 Å². The summed E-state index contributed by atoms with van der Waals surface area (Å²) in [6.45, 7) is 5.40. The summed E-state index contributed by atoms with van der Waals surface area (Å²) in [4.78, 5) is 77.8. The Bertz CT molecular complexity index is 5400. The van der Waals surface area contributed by atoms with Gasteiger partial charge >= 0.3 is 0 Å². The molecule has 29 heteroatoms. The molecule has 0 bridgehead atoms. The third-order valence-electron chi connectivity index (χ3n) is 16.1. The number of benzene rings is 3. The number of rotatable bonds is 16. The van der Waals surface area contributed by atoms with Crippen molar-refractivity contribution in [2.75, 3.05) is 7.11 Å². The average Bonchev–Trinajstić information content (AvgIpc) is 1.70. The molecule has 492 valence electrons. The summed E-state index contributed by atoms with van der Waals surface area (Å²) >= 11 is 0. The maximum Gasteiger partial charge on any atom is 0.186 e. The number of Topliss-reactive ketones (excluding diaryl/α,β-unsaturated/α-hetero) is 3. The van der Waals surface area contributed by atoms with E-state index in [1.54, 1.807) is 40.3 Å². The molecule has 15 aromatic rings. The van der Waals surface area contributed by atoms with Crippen molar-refractivity contribution in [1.29, 1.82) is 0 Å². The third kappa shape index (κ3) is 13.3. The van der Waals surface area contributed by atoms with Gasteiger partial charge in [-0.05, 0) is 44.5 Å². The first kappa shape index (κ1) is 64.6. The van der Waals surface area contributed by atoms with Gasteiger partial charge in [-0.1, -0.05) is 91.0 Å². The molecule has 12 heterocycles. The number of methoxy groups -OCH3 is 1. The van der Waals surface area contributed by atoms with Gasteiger partial charge in [-0.15, -0.1) is 15.3 Å². The van der Waals surface area contributed by atoms with Crippen molar-refractivity contribution in [3.05, 3.63) is 246 Å². The van der Waals surface area contributed by atoms with Crippen molar-refractivity contribution in [2.45, 2.75) is 40.0 Å². The minimum Gasteiger partial charge on any atom is -0.493 e. The molecular formula is C70H55F4N21O4. The first-order valence-corrected chi connectivity index (χ1v) is 30.5. The second-order valence-electron chi connectivity index (χ2n) is 22.6. The Balaban J connectivity index is 0.000000133. The number of aryl methyl sites for hydroxylation is 5. The van der Waals surface area contributed by atoms with Crippen LogP contribution in [0.3, 0.4) is 0 Å². The van der Waals surface area contributed by atoms with Crippen LogP contribution in [-0.4, -0.2) is 127 Å². The van der Waals surface area contributed by atoms with E-state index in [9.17, 15) is 31.9 Å². The molecule has 0 N–H and O–H groups in total. The zero-order chi connectivity index (χ0) is 69.2. The van der Waals surface area contributed by atoms with E-state index in [0.717, 1.165) is 34.1 Å². The van der Waals surface area contributed by atoms with E-state index >= 15 is 0 Å². The number of ketones is 3. The molecule has 0 aliphatic carbocycles. The maximum absolute atomic E-state index is 14.9.